The van der Waals surface area contributed by atoms with Crippen LogP contribution in [0.5, 0.6) is 0 Å². The molecule has 9 heteroatoms. The van der Waals surface area contributed by atoms with Crippen molar-refractivity contribution in [1.82, 2.24) is 5.32 Å². The number of likely N-dealkylation sites (N-methyl/N-ethyl adjacent to an activating group) is 1. The molecule has 0 aromatic heterocycles. The van der Waals surface area contributed by atoms with Gasteiger partial charge < -0.3 is 28.8 Å². The zero-order valence-electron chi connectivity index (χ0n) is 30.8. The van der Waals surface area contributed by atoms with Gasteiger partial charge in [-0.05, 0) is 38.5 Å². The van der Waals surface area contributed by atoms with Gasteiger partial charge in [-0.25, -0.2) is 0 Å². The van der Waals surface area contributed by atoms with Crippen molar-refractivity contribution in [2.45, 2.75) is 180 Å². The topological polar surface area (TPSA) is 108 Å². The van der Waals surface area contributed by atoms with Gasteiger partial charge in [0.15, 0.2) is 0 Å². The number of rotatable bonds is 34. The maximum atomic E-state index is 12.8. The van der Waals surface area contributed by atoms with Crippen molar-refractivity contribution in [2.75, 3.05) is 40.9 Å². The number of quaternary nitrogens is 1. The van der Waals surface area contributed by atoms with Crippen LogP contribution in [0.25, 0.3) is 0 Å². The van der Waals surface area contributed by atoms with Crippen LogP contribution in [0, 0.1) is 0 Å². The summed E-state index contributed by atoms with van der Waals surface area (Å²) in [5.74, 6) is -0.177. The number of amides is 1. The van der Waals surface area contributed by atoms with Gasteiger partial charge in [-0.2, -0.15) is 0 Å². The van der Waals surface area contributed by atoms with E-state index in [1.165, 1.54) is 89.9 Å². The van der Waals surface area contributed by atoms with Crippen LogP contribution in [0.4, 0.5) is 0 Å². The fraction of sp³-hybridized carbons (Fsp3) is 0.919. The maximum absolute atomic E-state index is 12.8. The van der Waals surface area contributed by atoms with Crippen molar-refractivity contribution >= 4 is 13.7 Å². The van der Waals surface area contributed by atoms with E-state index in [1.54, 1.807) is 0 Å². The molecule has 0 aromatic carbocycles. The minimum Gasteiger partial charge on any atom is -0.756 e. The largest absolute Gasteiger partial charge is 0.756 e. The van der Waals surface area contributed by atoms with E-state index in [9.17, 15) is 19.4 Å². The summed E-state index contributed by atoms with van der Waals surface area (Å²) >= 11 is 0. The second-order valence-electron chi connectivity index (χ2n) is 14.3. The highest BCUT2D eigenvalue weighted by atomic mass is 31.2. The van der Waals surface area contributed by atoms with Crippen molar-refractivity contribution in [3.63, 3.8) is 0 Å². The number of phosphoric ester groups is 1. The molecule has 8 nitrogen and oxygen atoms in total. The van der Waals surface area contributed by atoms with Gasteiger partial charge in [0.05, 0.1) is 39.9 Å². The van der Waals surface area contributed by atoms with Crippen molar-refractivity contribution < 1.29 is 32.9 Å². The Labute approximate surface area is 284 Å². The zero-order valence-corrected chi connectivity index (χ0v) is 31.7. The number of aliphatic hydroxyl groups excluding tert-OH is 1. The van der Waals surface area contributed by atoms with Gasteiger partial charge in [-0.3, -0.25) is 9.36 Å². The Bertz CT molecular complexity index is 773. The van der Waals surface area contributed by atoms with Crippen LogP contribution in [-0.4, -0.2) is 68.5 Å². The number of nitrogens with zero attached hydrogens (tertiary/aromatic N) is 1. The minimum absolute atomic E-state index is 0.0118. The number of phosphoric acid groups is 1. The number of carbonyl (C=O) groups is 1. The van der Waals surface area contributed by atoms with Crippen molar-refractivity contribution in [3.8, 4) is 0 Å². The number of unbranched alkanes of at least 4 members (excludes halogenated alkanes) is 19. The fourth-order valence-corrected chi connectivity index (χ4v) is 6.11. The Kier molecular flexibility index (Phi) is 29.8. The normalized spacial score (nSPS) is 14.8. The van der Waals surface area contributed by atoms with E-state index in [0.717, 1.165) is 51.4 Å². The summed E-state index contributed by atoms with van der Waals surface area (Å²) in [6.45, 7) is 4.67. The monoisotopic (exact) mass is 675 g/mol. The van der Waals surface area contributed by atoms with E-state index in [1.807, 2.05) is 21.1 Å². The van der Waals surface area contributed by atoms with E-state index < -0.39 is 20.0 Å². The first-order valence-corrected chi connectivity index (χ1v) is 20.5. The van der Waals surface area contributed by atoms with Crippen LogP contribution in [0.1, 0.15) is 168 Å². The lowest BCUT2D eigenvalue weighted by Gasteiger charge is -2.30. The Morgan fingerprint density at radius 2 is 1.20 bits per heavy atom. The molecule has 0 rings (SSSR count). The smallest absolute Gasteiger partial charge is 0.268 e. The molecule has 0 aliphatic rings. The molecule has 1 unspecified atom stereocenters. The molecule has 0 aliphatic carbocycles. The van der Waals surface area contributed by atoms with Gasteiger partial charge in [0, 0.05) is 6.42 Å². The second kappa shape index (κ2) is 30.3. The van der Waals surface area contributed by atoms with E-state index in [-0.39, 0.29) is 19.1 Å². The predicted octanol–water partition coefficient (Wildman–Crippen LogP) is 9.00. The van der Waals surface area contributed by atoms with Crippen LogP contribution >= 0.6 is 7.82 Å². The molecule has 0 saturated carbocycles. The summed E-state index contributed by atoms with van der Waals surface area (Å²) in [5.41, 5.74) is 0. The molecule has 274 valence electrons. The first-order valence-electron chi connectivity index (χ1n) is 19.0. The molecule has 0 spiro atoms. The van der Waals surface area contributed by atoms with Gasteiger partial charge in [-0.1, -0.05) is 135 Å². The third kappa shape index (κ3) is 31.8. The fourth-order valence-electron chi connectivity index (χ4n) is 5.38. The number of hydrogen-bond donors (Lipinski definition) is 2. The maximum Gasteiger partial charge on any atom is 0.268 e. The lowest BCUT2D eigenvalue weighted by molar-refractivity contribution is -0.870. The summed E-state index contributed by atoms with van der Waals surface area (Å²) < 4.78 is 23.1. The SMILES string of the molecule is CCCCCC/C=C/CCCCCCCC(=O)N[C@@H](COP(=O)([O-])OCC[N+](C)(C)C)[C@H](O)CCCCCCCCCCCCC. The molecule has 0 bridgehead atoms. The molecule has 0 aliphatic heterocycles. The molecule has 0 radical (unpaired) electrons. The van der Waals surface area contributed by atoms with Gasteiger partial charge >= 0.3 is 0 Å². The summed E-state index contributed by atoms with van der Waals surface area (Å²) in [4.78, 5) is 25.1. The average Bonchev–Trinajstić information content (AvgIpc) is 2.99. The first kappa shape index (κ1) is 45.2. The van der Waals surface area contributed by atoms with Crippen LogP contribution in [-0.2, 0) is 18.4 Å². The highest BCUT2D eigenvalue weighted by Gasteiger charge is 2.24. The van der Waals surface area contributed by atoms with E-state index in [2.05, 4.69) is 31.3 Å². The number of nitrogens with one attached hydrogen (secondary N) is 1. The molecule has 46 heavy (non-hydrogen) atoms. The van der Waals surface area contributed by atoms with Gasteiger partial charge in [-0.15, -0.1) is 0 Å². The summed E-state index contributed by atoms with van der Waals surface area (Å²) in [6, 6.07) is -0.798. The second-order valence-corrected chi connectivity index (χ2v) is 15.7. The van der Waals surface area contributed by atoms with E-state index in [0.29, 0.717) is 23.9 Å². The molecule has 0 aromatic rings. The Balaban J connectivity index is 4.48. The summed E-state index contributed by atoms with van der Waals surface area (Å²) in [6.07, 6.45) is 30.6. The Morgan fingerprint density at radius 3 is 1.72 bits per heavy atom. The van der Waals surface area contributed by atoms with Crippen LogP contribution in [0.15, 0.2) is 12.2 Å². The van der Waals surface area contributed by atoms with Crippen molar-refractivity contribution in [1.29, 1.82) is 0 Å². The number of aliphatic hydroxyl groups is 1. The molecule has 0 heterocycles. The minimum atomic E-state index is -4.55. The first-order chi connectivity index (χ1) is 22.0. The third-order valence-corrected chi connectivity index (χ3v) is 9.47. The van der Waals surface area contributed by atoms with E-state index >= 15 is 0 Å². The summed E-state index contributed by atoms with van der Waals surface area (Å²) in [7, 11) is 1.30. The highest BCUT2D eigenvalue weighted by Crippen LogP contribution is 2.38. The Hall–Kier alpha value is -0.760. The molecule has 0 fully saturated rings. The number of hydrogen-bond acceptors (Lipinski definition) is 6. The van der Waals surface area contributed by atoms with Crippen LogP contribution in [0.3, 0.4) is 0 Å². The quantitative estimate of drug-likeness (QED) is 0.0305. The predicted molar refractivity (Wildman–Crippen MR) is 192 cm³/mol. The van der Waals surface area contributed by atoms with Crippen LogP contribution in [0.2, 0.25) is 0 Å². The standard InChI is InChI=1S/C37H75N2O6P/c1-6-8-10-12-14-16-18-19-21-23-25-27-29-31-37(41)38-35(34-45-46(42,43)44-33-32-39(3,4)5)36(40)30-28-26-24-22-20-17-15-13-11-9-7-2/h16,18,35-36,40H,6-15,17,19-34H2,1-5H3,(H-,38,41,42,43)/b18-16+/t35-,36+/m0/s1. The van der Waals surface area contributed by atoms with Crippen molar-refractivity contribution in [2.24, 2.45) is 0 Å². The van der Waals surface area contributed by atoms with Crippen molar-refractivity contribution in [3.05, 3.63) is 12.2 Å². The molecule has 2 N–H and O–H groups in total. The van der Waals surface area contributed by atoms with E-state index in [4.69, 9.17) is 9.05 Å². The van der Waals surface area contributed by atoms with Gasteiger partial charge in [0.25, 0.3) is 7.82 Å². The molecule has 0 saturated heterocycles. The third-order valence-electron chi connectivity index (χ3n) is 8.50. The lowest BCUT2D eigenvalue weighted by Crippen LogP contribution is -2.46. The molecular formula is C37H75N2O6P. The number of carbonyl (C=O) groups excluding carboxylic acids is 1. The number of allylic oxidation sites excluding steroid dienone is 2. The Morgan fingerprint density at radius 1 is 0.739 bits per heavy atom. The molecular weight excluding hydrogens is 599 g/mol. The van der Waals surface area contributed by atoms with Gasteiger partial charge in [0.2, 0.25) is 5.91 Å². The zero-order chi connectivity index (χ0) is 34.4. The van der Waals surface area contributed by atoms with Gasteiger partial charge in [0.1, 0.15) is 13.2 Å². The molecule has 3 atom stereocenters. The summed E-state index contributed by atoms with van der Waals surface area (Å²) in [5, 5.41) is 13.8. The molecule has 1 amide bonds. The highest BCUT2D eigenvalue weighted by molar-refractivity contribution is 7.45. The lowest BCUT2D eigenvalue weighted by atomic mass is 10.0. The van der Waals surface area contributed by atoms with Crippen LogP contribution < -0.4 is 10.2 Å². The average molecular weight is 675 g/mol.